The number of nitrogens with zero attached hydrogens (tertiary/aromatic N) is 1. The third kappa shape index (κ3) is 3.68. The Morgan fingerprint density at radius 2 is 2.47 bits per heavy atom. The predicted molar refractivity (Wildman–Crippen MR) is 69.4 cm³/mol. The lowest BCUT2D eigenvalue weighted by Gasteiger charge is -2.34. The van der Waals surface area contributed by atoms with Gasteiger partial charge >= 0.3 is 6.09 Å². The van der Waals surface area contributed by atoms with E-state index in [2.05, 4.69) is 10.2 Å². The minimum Gasteiger partial charge on any atom is -0.445 e. The second-order valence-corrected chi connectivity index (χ2v) is 3.40. The van der Waals surface area contributed by atoms with Crippen LogP contribution in [0.3, 0.4) is 0 Å². The van der Waals surface area contributed by atoms with E-state index in [0.29, 0.717) is 0 Å². The van der Waals surface area contributed by atoms with Crippen LogP contribution in [0.5, 0.6) is 0 Å². The molecular weight excluding hydrogens is 246 g/mol. The van der Waals surface area contributed by atoms with Crippen molar-refractivity contribution in [1.29, 1.82) is 2.86 Å². The van der Waals surface area contributed by atoms with Crippen molar-refractivity contribution in [2.24, 2.45) is 5.89 Å². The van der Waals surface area contributed by atoms with Crippen LogP contribution in [-0.4, -0.2) is 49.7 Å². The van der Waals surface area contributed by atoms with E-state index in [9.17, 15) is 4.79 Å². The lowest BCUT2D eigenvalue weighted by Crippen LogP contribution is -2.47. The maximum absolute atomic E-state index is 12.7. The maximum Gasteiger partial charge on any atom is 0.410 e. The Kier molecular flexibility index (Phi) is 1.64. The minimum atomic E-state index is -4.07. The van der Waals surface area contributed by atoms with E-state index in [1.165, 1.54) is 24.3 Å². The molecule has 3 atom stereocenters. The van der Waals surface area contributed by atoms with E-state index in [1.807, 2.05) is 0 Å². The topological polar surface area (TPSA) is 70.0 Å². The molecule has 1 aromatic carbocycles. The Bertz CT molecular complexity index is 856. The summed E-state index contributed by atoms with van der Waals surface area (Å²) < 4.78 is 107. The molecule has 5 heteroatoms. The first kappa shape index (κ1) is 4.75. The molecule has 0 saturated carbocycles. The zero-order chi connectivity index (χ0) is 25.0. The number of carbonyl (C=O) groups is 1. The van der Waals surface area contributed by atoms with Gasteiger partial charge in [0.1, 0.15) is 6.58 Å². The third-order valence-electron chi connectivity index (χ3n) is 2.11. The quantitative estimate of drug-likeness (QED) is 0.849. The Labute approximate surface area is 130 Å². The number of amides is 1. The molecule has 1 amide bonds. The molecule has 1 fully saturated rings. The van der Waals surface area contributed by atoms with Crippen LogP contribution in [0.1, 0.15) is 27.0 Å². The molecule has 0 aliphatic carbocycles. The number of likely N-dealkylation sites (tertiary alicyclic amines) is 1. The van der Waals surface area contributed by atoms with Crippen LogP contribution in [0.15, 0.2) is 30.3 Å². The zero-order valence-electron chi connectivity index (χ0n) is 22.5. The number of benzene rings is 1. The number of hydrogen-bond donors (Lipinski definition) is 2. The summed E-state index contributed by atoms with van der Waals surface area (Å²) >= 11 is 0. The first-order chi connectivity index (χ1) is 14.4. The standard InChI is InChI=1S/C14H19NO4/c16-9-12-6-7-15(8-13(12)17)14(18)19-10-11-4-2-1-3-5-11/h1-5,12-13,16-17H,6-10H2/t12-,13-/m0/s1/i6T2,7T2,8T2,9T2,10T,12T,13T,16T,17T/t10?,12-,13-. The monoisotopic (exact) mass is 291 g/mol. The molecule has 1 unspecified atom stereocenters. The summed E-state index contributed by atoms with van der Waals surface area (Å²) in [7, 11) is 0. The van der Waals surface area contributed by atoms with E-state index in [1.54, 1.807) is 6.07 Å². The van der Waals surface area contributed by atoms with Crippen LogP contribution in [0.2, 0.25) is 0 Å². The van der Waals surface area contributed by atoms with Crippen molar-refractivity contribution >= 4 is 6.09 Å². The summed E-state index contributed by atoms with van der Waals surface area (Å²) in [4.78, 5) is 12.2. The molecule has 2 rings (SSSR count). The molecule has 1 aliphatic heterocycles. The van der Waals surface area contributed by atoms with E-state index in [-0.39, 0.29) is 5.56 Å². The average Bonchev–Trinajstić information content (AvgIpc) is 2.71. The fourth-order valence-electron chi connectivity index (χ4n) is 1.22. The number of aliphatic hydroxyl groups is 2. The molecule has 0 aromatic heterocycles. The van der Waals surface area contributed by atoms with Gasteiger partial charge < -0.3 is 19.9 Å². The predicted octanol–water partition coefficient (Wildman–Crippen LogP) is 0.998. The van der Waals surface area contributed by atoms with Crippen molar-refractivity contribution in [3.05, 3.63) is 35.9 Å². The van der Waals surface area contributed by atoms with Gasteiger partial charge in [-0.15, -0.1) is 0 Å². The molecule has 1 aliphatic rings. The van der Waals surface area contributed by atoms with Crippen molar-refractivity contribution in [3.8, 4) is 0 Å². The summed E-state index contributed by atoms with van der Waals surface area (Å²) in [5.41, 5.74) is 0.0876. The summed E-state index contributed by atoms with van der Waals surface area (Å²) in [6.45, 7) is -13.6. The highest BCUT2D eigenvalue weighted by Gasteiger charge is 2.30. The van der Waals surface area contributed by atoms with Crippen molar-refractivity contribution in [1.82, 2.24) is 4.90 Å². The van der Waals surface area contributed by atoms with E-state index >= 15 is 0 Å². The molecule has 0 radical (unpaired) electrons. The first-order valence-corrected chi connectivity index (χ1v) is 5.17. The fourth-order valence-corrected chi connectivity index (χ4v) is 1.22. The maximum atomic E-state index is 12.7. The molecule has 104 valence electrons. The minimum absolute atomic E-state index is 0.0876. The van der Waals surface area contributed by atoms with Crippen LogP contribution in [0.25, 0.3) is 0 Å². The molecule has 19 heavy (non-hydrogen) atoms. The summed E-state index contributed by atoms with van der Waals surface area (Å²) in [6.07, 6.45) is -10.0. The number of β-amino-alcohol motifs (C(OH)–C–C–N with tert-alkyl or cyclic N) is 1. The van der Waals surface area contributed by atoms with Crippen LogP contribution < -0.4 is 0 Å². The highest BCUT2D eigenvalue weighted by Crippen LogP contribution is 2.18. The zero-order valence-corrected chi connectivity index (χ0v) is 9.54. The lowest BCUT2D eigenvalue weighted by molar-refractivity contribution is -0.00505. The van der Waals surface area contributed by atoms with Gasteiger partial charge in [-0.1, -0.05) is 30.3 Å². The molecule has 0 spiro atoms. The number of ether oxygens (including phenoxy) is 1. The Hall–Kier alpha value is -1.59. The number of piperidine rings is 1. The van der Waals surface area contributed by atoms with E-state index in [4.69, 9.17) is 22.7 Å². The summed E-state index contributed by atoms with van der Waals surface area (Å²) in [6, 6.07) is 7.29. The number of rotatable bonds is 5. The molecule has 5 nitrogen and oxygen atoms in total. The Morgan fingerprint density at radius 3 is 3.21 bits per heavy atom. The highest BCUT2D eigenvalue weighted by molar-refractivity contribution is 5.67. The number of hydrogen-bond acceptors (Lipinski definition) is 4. The lowest BCUT2D eigenvalue weighted by atomic mass is 9.95. The van der Waals surface area contributed by atoms with Crippen LogP contribution >= 0.6 is 0 Å². The van der Waals surface area contributed by atoms with Crippen LogP contribution in [0, 0.1) is 5.89 Å². The van der Waals surface area contributed by atoms with Crippen molar-refractivity contribution in [2.75, 3.05) is 19.6 Å². The normalized spacial score (nSPS) is 51.2. The van der Waals surface area contributed by atoms with Crippen molar-refractivity contribution in [2.45, 2.75) is 19.0 Å². The van der Waals surface area contributed by atoms with Gasteiger partial charge in [-0.25, -0.2) is 4.79 Å². The molecule has 0 bridgehead atoms. The molecule has 2 N–H and O–H groups in total. The van der Waals surface area contributed by atoms with Crippen molar-refractivity contribution in [3.63, 3.8) is 0 Å². The molecule has 1 aromatic rings. The average molecular weight is 291 g/mol. The molecular formula is C14H19NO4. The Morgan fingerprint density at radius 1 is 1.63 bits per heavy atom. The van der Waals surface area contributed by atoms with Gasteiger partial charge in [-0.2, -0.15) is 0 Å². The first-order valence-electron chi connectivity index (χ1n) is 11.6. The largest absolute Gasteiger partial charge is 0.445 e. The van der Waals surface area contributed by atoms with Gasteiger partial charge in [0.15, 0.2) is 0 Å². The van der Waals surface area contributed by atoms with Crippen LogP contribution in [-0.2, 0) is 11.3 Å². The smallest absolute Gasteiger partial charge is 0.410 e. The molecule has 1 saturated heterocycles. The van der Waals surface area contributed by atoms with Crippen molar-refractivity contribution < 1.29 is 34.8 Å². The summed E-state index contributed by atoms with van der Waals surface area (Å²) in [5, 5.41) is 7.64. The fraction of sp³-hybridized carbons (Fsp3) is 0.500. The van der Waals surface area contributed by atoms with Gasteiger partial charge in [-0.05, 0) is 11.9 Å². The third-order valence-corrected chi connectivity index (χ3v) is 2.11. The summed E-state index contributed by atoms with van der Waals surface area (Å²) in [5.74, 6) is -4.07. The van der Waals surface area contributed by atoms with Gasteiger partial charge in [0, 0.05) is 25.8 Å². The second kappa shape index (κ2) is 6.54. The SMILES string of the molecule is [3H]OC([3H])([3H])[C@]1([3H])C([3H])([3H])C([3H])([3H])N(C(=O)OC([3H])c2ccccc2)C([3H])([3H])[C@]1([3H])O[3H]. The highest BCUT2D eigenvalue weighted by atomic mass is 16.6. The second-order valence-electron chi connectivity index (χ2n) is 3.40. The van der Waals surface area contributed by atoms with E-state index < -0.39 is 55.5 Å². The van der Waals surface area contributed by atoms with E-state index in [0.717, 1.165) is 0 Å². The Balaban J connectivity index is 2.68. The van der Waals surface area contributed by atoms with Gasteiger partial charge in [-0.3, -0.25) is 0 Å². The van der Waals surface area contributed by atoms with Gasteiger partial charge in [0.25, 0.3) is 0 Å². The van der Waals surface area contributed by atoms with Gasteiger partial charge in [0.2, 0.25) is 2.86 Å². The molecule has 1 heterocycles. The van der Waals surface area contributed by atoms with Crippen LogP contribution in [0.4, 0.5) is 4.79 Å². The van der Waals surface area contributed by atoms with Gasteiger partial charge in [0.05, 0.1) is 20.8 Å². The number of carbonyl (C=O) groups excluding carboxylic acids is 1.